The van der Waals surface area contributed by atoms with Crippen LogP contribution >= 0.6 is 15.9 Å². The minimum absolute atomic E-state index is 0.104. The molecule has 0 saturated heterocycles. The Kier molecular flexibility index (Phi) is 6.37. The van der Waals surface area contributed by atoms with Gasteiger partial charge in [0, 0.05) is 11.0 Å². The molecule has 0 amide bonds. The molecular formula is C14H20BrNO4S. The minimum atomic E-state index is -3.42. The number of carboxylic acid groups (broad SMARTS) is 1. The zero-order valence-electron chi connectivity index (χ0n) is 12.1. The number of carbonyl (C=O) groups is 1. The second kappa shape index (κ2) is 7.38. The van der Waals surface area contributed by atoms with Crippen molar-refractivity contribution in [2.45, 2.75) is 37.1 Å². The molecular weight excluding hydrogens is 358 g/mol. The number of carboxylic acids is 1. The fourth-order valence-electron chi connectivity index (χ4n) is 2.06. The summed E-state index contributed by atoms with van der Waals surface area (Å²) in [6.07, 6.45) is 0.800. The number of sulfone groups is 1. The number of nitrogens with one attached hydrogen (secondary N) is 1. The molecule has 5 nitrogen and oxygen atoms in total. The smallest absolute Gasteiger partial charge is 0.323 e. The first-order valence-electron chi connectivity index (χ1n) is 6.74. The van der Waals surface area contributed by atoms with Crippen molar-refractivity contribution in [3.05, 3.63) is 28.7 Å². The topological polar surface area (TPSA) is 83.5 Å². The van der Waals surface area contributed by atoms with E-state index in [9.17, 15) is 18.3 Å². The molecule has 0 heterocycles. The van der Waals surface area contributed by atoms with Crippen molar-refractivity contribution < 1.29 is 18.3 Å². The Morgan fingerprint density at radius 3 is 2.19 bits per heavy atom. The van der Waals surface area contributed by atoms with E-state index >= 15 is 0 Å². The lowest BCUT2D eigenvalue weighted by molar-refractivity contribution is -0.145. The van der Waals surface area contributed by atoms with Gasteiger partial charge in [-0.15, -0.1) is 0 Å². The highest BCUT2D eigenvalue weighted by molar-refractivity contribution is 9.10. The Bertz CT molecular complexity index is 579. The van der Waals surface area contributed by atoms with Crippen LogP contribution < -0.4 is 5.32 Å². The first kappa shape index (κ1) is 18.1. The van der Waals surface area contributed by atoms with Crippen LogP contribution in [0.4, 0.5) is 0 Å². The summed E-state index contributed by atoms with van der Waals surface area (Å²) in [4.78, 5) is 11.6. The van der Waals surface area contributed by atoms with Gasteiger partial charge >= 0.3 is 5.97 Å². The van der Waals surface area contributed by atoms with E-state index < -0.39 is 21.3 Å². The lowest BCUT2D eigenvalue weighted by Crippen LogP contribution is -2.52. The van der Waals surface area contributed by atoms with Crippen LogP contribution in [0.15, 0.2) is 33.6 Å². The maximum Gasteiger partial charge on any atom is 0.323 e. The Morgan fingerprint density at radius 1 is 1.24 bits per heavy atom. The molecule has 1 aromatic rings. The molecule has 0 aromatic heterocycles. The first-order valence-corrected chi connectivity index (χ1v) is 9.18. The van der Waals surface area contributed by atoms with E-state index in [1.165, 1.54) is 12.1 Å². The average Bonchev–Trinajstić information content (AvgIpc) is 2.44. The van der Waals surface area contributed by atoms with Crippen LogP contribution in [0.25, 0.3) is 0 Å². The van der Waals surface area contributed by atoms with Crippen molar-refractivity contribution in [3.8, 4) is 0 Å². The predicted molar refractivity (Wildman–Crippen MR) is 85.1 cm³/mol. The van der Waals surface area contributed by atoms with E-state index in [2.05, 4.69) is 21.2 Å². The fraction of sp³-hybridized carbons (Fsp3) is 0.500. The van der Waals surface area contributed by atoms with Gasteiger partial charge < -0.3 is 10.4 Å². The summed E-state index contributed by atoms with van der Waals surface area (Å²) in [6.45, 7) is 3.65. The van der Waals surface area contributed by atoms with Crippen LogP contribution in [0.1, 0.15) is 26.7 Å². The largest absolute Gasteiger partial charge is 0.480 e. The van der Waals surface area contributed by atoms with Gasteiger partial charge in [0.05, 0.1) is 10.6 Å². The zero-order valence-corrected chi connectivity index (χ0v) is 14.5. The highest BCUT2D eigenvalue weighted by Gasteiger charge is 2.34. The number of aliphatic carboxylic acids is 1. The van der Waals surface area contributed by atoms with Crippen molar-refractivity contribution >= 4 is 31.7 Å². The van der Waals surface area contributed by atoms with E-state index in [0.717, 1.165) is 4.47 Å². The standard InChI is InChI=1S/C14H20BrNO4S/c1-3-14(4-2,13(17)18)16-9-10-21(19,20)12-7-5-11(15)6-8-12/h5-8,16H,3-4,9-10H2,1-2H3,(H,17,18). The van der Waals surface area contributed by atoms with Crippen molar-refractivity contribution in [1.29, 1.82) is 0 Å². The third-order valence-corrected chi connectivity index (χ3v) is 5.88. The second-order valence-corrected chi connectivity index (χ2v) is 7.82. The summed E-state index contributed by atoms with van der Waals surface area (Å²) in [7, 11) is -3.42. The molecule has 0 aliphatic heterocycles. The van der Waals surface area contributed by atoms with Gasteiger partial charge in [0.25, 0.3) is 0 Å². The molecule has 0 bridgehead atoms. The van der Waals surface area contributed by atoms with Crippen LogP contribution in [0, 0.1) is 0 Å². The molecule has 0 atom stereocenters. The summed E-state index contributed by atoms with van der Waals surface area (Å²) >= 11 is 3.25. The number of halogens is 1. The fourth-order valence-corrected chi connectivity index (χ4v) is 3.48. The normalized spacial score (nSPS) is 12.3. The van der Waals surface area contributed by atoms with E-state index in [0.29, 0.717) is 12.8 Å². The molecule has 1 aromatic carbocycles. The summed E-state index contributed by atoms with van der Waals surface area (Å²) in [6, 6.07) is 6.40. The summed E-state index contributed by atoms with van der Waals surface area (Å²) in [5, 5.41) is 12.2. The quantitative estimate of drug-likeness (QED) is 0.726. The monoisotopic (exact) mass is 377 g/mol. The van der Waals surface area contributed by atoms with Crippen molar-refractivity contribution in [1.82, 2.24) is 5.32 Å². The molecule has 2 N–H and O–H groups in total. The molecule has 0 saturated carbocycles. The lowest BCUT2D eigenvalue weighted by Gasteiger charge is -2.28. The minimum Gasteiger partial charge on any atom is -0.480 e. The molecule has 7 heteroatoms. The third kappa shape index (κ3) is 4.52. The molecule has 0 unspecified atom stereocenters. The van der Waals surface area contributed by atoms with Gasteiger partial charge in [-0.3, -0.25) is 4.79 Å². The predicted octanol–water partition coefficient (Wildman–Crippen LogP) is 2.46. The van der Waals surface area contributed by atoms with Crippen molar-refractivity contribution in [3.63, 3.8) is 0 Å². The highest BCUT2D eigenvalue weighted by atomic mass is 79.9. The molecule has 1 rings (SSSR count). The van der Waals surface area contributed by atoms with E-state index in [1.54, 1.807) is 26.0 Å². The van der Waals surface area contributed by atoms with Gasteiger partial charge in [0.15, 0.2) is 9.84 Å². The number of benzene rings is 1. The molecule has 0 fully saturated rings. The van der Waals surface area contributed by atoms with E-state index in [4.69, 9.17) is 0 Å². The molecule has 118 valence electrons. The van der Waals surface area contributed by atoms with Crippen molar-refractivity contribution in [2.24, 2.45) is 0 Å². The number of hydrogen-bond acceptors (Lipinski definition) is 4. The van der Waals surface area contributed by atoms with Crippen LogP contribution in [0.2, 0.25) is 0 Å². The lowest BCUT2D eigenvalue weighted by atomic mass is 9.93. The Morgan fingerprint density at radius 2 is 1.76 bits per heavy atom. The molecule has 0 aliphatic rings. The van der Waals surface area contributed by atoms with Crippen LogP contribution in [0.5, 0.6) is 0 Å². The maximum absolute atomic E-state index is 12.2. The third-order valence-electron chi connectivity index (χ3n) is 3.62. The Balaban J connectivity index is 2.74. The number of hydrogen-bond donors (Lipinski definition) is 2. The number of rotatable bonds is 8. The zero-order chi connectivity index (χ0) is 16.1. The van der Waals surface area contributed by atoms with Crippen LogP contribution in [-0.4, -0.2) is 37.3 Å². The molecule has 0 spiro atoms. The van der Waals surface area contributed by atoms with Gasteiger partial charge in [-0.2, -0.15) is 0 Å². The SMILES string of the molecule is CCC(CC)(NCCS(=O)(=O)c1ccc(Br)cc1)C(=O)O. The first-order chi connectivity index (χ1) is 9.77. The average molecular weight is 378 g/mol. The van der Waals surface area contributed by atoms with Crippen LogP contribution in [-0.2, 0) is 14.6 Å². The van der Waals surface area contributed by atoms with E-state index in [-0.39, 0.29) is 17.2 Å². The van der Waals surface area contributed by atoms with Gasteiger partial charge in [-0.05, 0) is 37.1 Å². The van der Waals surface area contributed by atoms with Crippen molar-refractivity contribution in [2.75, 3.05) is 12.3 Å². The summed E-state index contributed by atoms with van der Waals surface area (Å²) < 4.78 is 25.2. The van der Waals surface area contributed by atoms with Gasteiger partial charge in [-0.25, -0.2) is 8.42 Å². The summed E-state index contributed by atoms with van der Waals surface area (Å²) in [5.41, 5.74) is -1.06. The van der Waals surface area contributed by atoms with Gasteiger partial charge in [-0.1, -0.05) is 29.8 Å². The summed E-state index contributed by atoms with van der Waals surface area (Å²) in [5.74, 6) is -1.09. The van der Waals surface area contributed by atoms with Gasteiger partial charge in [0.2, 0.25) is 0 Å². The molecule has 0 radical (unpaired) electrons. The molecule has 21 heavy (non-hydrogen) atoms. The van der Waals surface area contributed by atoms with Gasteiger partial charge in [0.1, 0.15) is 5.54 Å². The Hall–Kier alpha value is -0.920. The second-order valence-electron chi connectivity index (χ2n) is 4.79. The van der Waals surface area contributed by atoms with Crippen LogP contribution in [0.3, 0.4) is 0 Å². The van der Waals surface area contributed by atoms with E-state index in [1.807, 2.05) is 0 Å². The molecule has 0 aliphatic carbocycles. The highest BCUT2D eigenvalue weighted by Crippen LogP contribution is 2.17. The Labute approximate surface area is 133 Å². The maximum atomic E-state index is 12.2.